The predicted molar refractivity (Wildman–Crippen MR) is 66.1 cm³/mol. The number of aliphatic hydroxyl groups excluding tert-OH is 1. The maximum atomic E-state index is 12.8. The monoisotopic (exact) mass is 240 g/mol. The molecule has 0 aliphatic heterocycles. The van der Waals surface area contributed by atoms with Crippen LogP contribution in [0.25, 0.3) is 0 Å². The molecule has 0 radical (unpaired) electrons. The molecule has 3 unspecified atom stereocenters. The highest BCUT2D eigenvalue weighted by Gasteiger charge is 2.17. The molecular weight excluding hydrogens is 219 g/mol. The highest BCUT2D eigenvalue weighted by molar-refractivity contribution is 5.10. The zero-order chi connectivity index (χ0) is 12.8. The Bertz CT molecular complexity index is 329. The van der Waals surface area contributed by atoms with Gasteiger partial charge in [0.05, 0.1) is 11.9 Å². The van der Waals surface area contributed by atoms with Crippen LogP contribution in [0.1, 0.15) is 38.9 Å². The molecule has 0 saturated carbocycles. The van der Waals surface area contributed by atoms with Crippen LogP contribution in [0.5, 0.6) is 0 Å². The van der Waals surface area contributed by atoms with Gasteiger partial charge in [0.25, 0.3) is 0 Å². The highest BCUT2D eigenvalue weighted by atomic mass is 19.1. The number of aromatic nitrogens is 1. The molecule has 1 rings (SSSR count). The fourth-order valence-electron chi connectivity index (χ4n) is 1.65. The zero-order valence-corrected chi connectivity index (χ0v) is 10.7. The van der Waals surface area contributed by atoms with Gasteiger partial charge in [0.15, 0.2) is 0 Å². The molecule has 2 N–H and O–H groups in total. The Morgan fingerprint density at radius 1 is 1.41 bits per heavy atom. The van der Waals surface area contributed by atoms with E-state index in [1.54, 1.807) is 6.07 Å². The van der Waals surface area contributed by atoms with Crippen molar-refractivity contribution in [3.8, 4) is 0 Å². The Hall–Kier alpha value is -1.00. The van der Waals surface area contributed by atoms with E-state index >= 15 is 0 Å². The maximum Gasteiger partial charge on any atom is 0.141 e. The van der Waals surface area contributed by atoms with E-state index in [1.807, 2.05) is 13.8 Å². The van der Waals surface area contributed by atoms with Gasteiger partial charge in [-0.1, -0.05) is 13.8 Å². The first kappa shape index (κ1) is 14.1. The summed E-state index contributed by atoms with van der Waals surface area (Å²) in [7, 11) is 0. The SMILES string of the molecule is CCC(NC(C)C(C)CO)c1ccc(F)cn1. The lowest BCUT2D eigenvalue weighted by Gasteiger charge is -2.25. The van der Waals surface area contributed by atoms with Gasteiger partial charge < -0.3 is 10.4 Å². The summed E-state index contributed by atoms with van der Waals surface area (Å²) in [4.78, 5) is 4.09. The van der Waals surface area contributed by atoms with Crippen LogP contribution in [0.4, 0.5) is 4.39 Å². The van der Waals surface area contributed by atoms with Crippen molar-refractivity contribution < 1.29 is 9.50 Å². The predicted octanol–water partition coefficient (Wildman–Crippen LogP) is 2.28. The lowest BCUT2D eigenvalue weighted by molar-refractivity contribution is 0.199. The van der Waals surface area contributed by atoms with Crippen LogP contribution in [0.3, 0.4) is 0 Å². The van der Waals surface area contributed by atoms with Crippen molar-refractivity contribution >= 4 is 0 Å². The first-order valence-electron chi connectivity index (χ1n) is 6.06. The Balaban J connectivity index is 2.68. The first-order valence-corrected chi connectivity index (χ1v) is 6.06. The third-order valence-electron chi connectivity index (χ3n) is 3.12. The molecule has 17 heavy (non-hydrogen) atoms. The van der Waals surface area contributed by atoms with E-state index in [0.717, 1.165) is 12.1 Å². The van der Waals surface area contributed by atoms with Crippen molar-refractivity contribution in [3.63, 3.8) is 0 Å². The molecule has 0 fully saturated rings. The third kappa shape index (κ3) is 4.06. The molecule has 0 bridgehead atoms. The number of nitrogens with zero attached hydrogens (tertiary/aromatic N) is 1. The summed E-state index contributed by atoms with van der Waals surface area (Å²) in [6.07, 6.45) is 2.11. The molecule has 0 aromatic carbocycles. The minimum atomic E-state index is -0.319. The first-order chi connectivity index (χ1) is 8.08. The molecule has 0 amide bonds. The van der Waals surface area contributed by atoms with Crippen LogP contribution in [-0.4, -0.2) is 22.7 Å². The van der Waals surface area contributed by atoms with Crippen LogP contribution in [-0.2, 0) is 0 Å². The maximum absolute atomic E-state index is 12.8. The summed E-state index contributed by atoms with van der Waals surface area (Å²) < 4.78 is 12.8. The quantitative estimate of drug-likeness (QED) is 0.802. The van der Waals surface area contributed by atoms with E-state index < -0.39 is 0 Å². The van der Waals surface area contributed by atoms with E-state index in [4.69, 9.17) is 5.11 Å². The Labute approximate surface area is 102 Å². The van der Waals surface area contributed by atoms with Gasteiger partial charge in [-0.15, -0.1) is 0 Å². The second kappa shape index (κ2) is 6.67. The molecule has 96 valence electrons. The molecule has 4 heteroatoms. The fourth-order valence-corrected chi connectivity index (χ4v) is 1.65. The molecule has 0 saturated heterocycles. The van der Waals surface area contributed by atoms with Crippen molar-refractivity contribution in [1.82, 2.24) is 10.3 Å². The average molecular weight is 240 g/mol. The number of aliphatic hydroxyl groups is 1. The van der Waals surface area contributed by atoms with E-state index in [9.17, 15) is 4.39 Å². The number of rotatable bonds is 6. The molecule has 3 atom stereocenters. The molecule has 0 spiro atoms. The second-order valence-electron chi connectivity index (χ2n) is 4.48. The lowest BCUT2D eigenvalue weighted by atomic mass is 10.0. The summed E-state index contributed by atoms with van der Waals surface area (Å²) in [5.74, 6) is -0.134. The molecular formula is C13H21FN2O. The molecule has 0 aliphatic rings. The van der Waals surface area contributed by atoms with E-state index in [-0.39, 0.29) is 30.4 Å². The normalized spacial score (nSPS) is 16.5. The van der Waals surface area contributed by atoms with Crippen molar-refractivity contribution in [2.75, 3.05) is 6.61 Å². The van der Waals surface area contributed by atoms with Crippen molar-refractivity contribution in [3.05, 3.63) is 29.8 Å². The van der Waals surface area contributed by atoms with Gasteiger partial charge in [-0.05, 0) is 31.4 Å². The van der Waals surface area contributed by atoms with Gasteiger partial charge in [-0.25, -0.2) is 4.39 Å². The van der Waals surface area contributed by atoms with Crippen LogP contribution in [0.2, 0.25) is 0 Å². The van der Waals surface area contributed by atoms with Gasteiger partial charge in [-0.2, -0.15) is 0 Å². The summed E-state index contributed by atoms with van der Waals surface area (Å²) in [6.45, 7) is 6.23. The summed E-state index contributed by atoms with van der Waals surface area (Å²) >= 11 is 0. The smallest absolute Gasteiger partial charge is 0.141 e. The lowest BCUT2D eigenvalue weighted by Crippen LogP contribution is -2.36. The van der Waals surface area contributed by atoms with Crippen LogP contribution in [0, 0.1) is 11.7 Å². The summed E-state index contributed by atoms with van der Waals surface area (Å²) in [5.41, 5.74) is 0.839. The highest BCUT2D eigenvalue weighted by Crippen LogP contribution is 2.16. The zero-order valence-electron chi connectivity index (χ0n) is 10.7. The minimum absolute atomic E-state index is 0.0969. The largest absolute Gasteiger partial charge is 0.396 e. The molecule has 1 aromatic rings. The number of hydrogen-bond donors (Lipinski definition) is 2. The number of pyridine rings is 1. The standard InChI is InChI=1S/C13H21FN2O/c1-4-12(16-10(3)9(2)8-17)13-6-5-11(14)7-15-13/h5-7,9-10,12,16-17H,4,8H2,1-3H3. The fraction of sp³-hybridized carbons (Fsp3) is 0.615. The Morgan fingerprint density at radius 3 is 2.59 bits per heavy atom. The van der Waals surface area contributed by atoms with Gasteiger partial charge >= 0.3 is 0 Å². The van der Waals surface area contributed by atoms with Gasteiger partial charge in [0, 0.05) is 18.7 Å². The van der Waals surface area contributed by atoms with Gasteiger partial charge in [0.1, 0.15) is 5.82 Å². The van der Waals surface area contributed by atoms with Crippen molar-refractivity contribution in [2.24, 2.45) is 5.92 Å². The van der Waals surface area contributed by atoms with Crippen molar-refractivity contribution in [1.29, 1.82) is 0 Å². The Kier molecular flexibility index (Phi) is 5.51. The molecule has 3 nitrogen and oxygen atoms in total. The van der Waals surface area contributed by atoms with E-state index in [0.29, 0.717) is 0 Å². The van der Waals surface area contributed by atoms with Crippen molar-refractivity contribution in [2.45, 2.75) is 39.3 Å². The van der Waals surface area contributed by atoms with E-state index in [2.05, 4.69) is 17.2 Å². The molecule has 1 aromatic heterocycles. The number of nitrogens with one attached hydrogen (secondary N) is 1. The summed E-state index contributed by atoms with van der Waals surface area (Å²) in [5, 5.41) is 12.5. The molecule has 1 heterocycles. The molecule has 0 aliphatic carbocycles. The Morgan fingerprint density at radius 2 is 2.12 bits per heavy atom. The topological polar surface area (TPSA) is 45.1 Å². The minimum Gasteiger partial charge on any atom is -0.396 e. The number of halogens is 1. The average Bonchev–Trinajstić information content (AvgIpc) is 2.35. The van der Waals surface area contributed by atoms with Crippen LogP contribution < -0.4 is 5.32 Å². The van der Waals surface area contributed by atoms with Gasteiger partial charge in [-0.3, -0.25) is 4.98 Å². The van der Waals surface area contributed by atoms with Crippen LogP contribution >= 0.6 is 0 Å². The van der Waals surface area contributed by atoms with Crippen LogP contribution in [0.15, 0.2) is 18.3 Å². The van der Waals surface area contributed by atoms with E-state index in [1.165, 1.54) is 12.3 Å². The number of hydrogen-bond acceptors (Lipinski definition) is 3. The van der Waals surface area contributed by atoms with Gasteiger partial charge in [0.2, 0.25) is 0 Å². The second-order valence-corrected chi connectivity index (χ2v) is 4.48. The third-order valence-corrected chi connectivity index (χ3v) is 3.12. The summed E-state index contributed by atoms with van der Waals surface area (Å²) in [6, 6.07) is 3.41.